The lowest BCUT2D eigenvalue weighted by atomic mass is 10.0. The minimum atomic E-state index is -1.50. The molecule has 2 aromatic rings. The van der Waals surface area contributed by atoms with Gasteiger partial charge in [0.15, 0.2) is 5.54 Å². The fourth-order valence-corrected chi connectivity index (χ4v) is 1.81. The third-order valence-corrected chi connectivity index (χ3v) is 3.04. The van der Waals surface area contributed by atoms with Gasteiger partial charge >= 0.3 is 5.97 Å². The highest BCUT2D eigenvalue weighted by atomic mass is 16.5. The standard InChI is InChI=1S/C13H15N5O4/c1-13(7-22-2,12(20)21)15-11(19)9-3-5-10(6-4-9)18-8-14-16-17-18/h3-6,8H,7H2,1-2H3,(H,15,19)(H,20,21). The minimum Gasteiger partial charge on any atom is -0.479 e. The van der Waals surface area contributed by atoms with E-state index in [9.17, 15) is 14.7 Å². The molecule has 0 radical (unpaired) electrons. The van der Waals surface area contributed by atoms with Gasteiger partial charge in [0.25, 0.3) is 5.91 Å². The second-order valence-corrected chi connectivity index (χ2v) is 4.83. The van der Waals surface area contributed by atoms with Gasteiger partial charge in [-0.25, -0.2) is 9.48 Å². The molecule has 1 amide bonds. The maximum atomic E-state index is 12.2. The number of carbonyl (C=O) groups excluding carboxylic acids is 1. The highest BCUT2D eigenvalue weighted by Gasteiger charge is 2.35. The van der Waals surface area contributed by atoms with Gasteiger partial charge < -0.3 is 15.2 Å². The van der Waals surface area contributed by atoms with Crippen LogP contribution in [0.3, 0.4) is 0 Å². The molecule has 0 saturated carbocycles. The predicted octanol–water partition coefficient (Wildman–Crippen LogP) is -0.118. The average Bonchev–Trinajstić information content (AvgIpc) is 3.01. The first-order valence-corrected chi connectivity index (χ1v) is 6.34. The van der Waals surface area contributed by atoms with E-state index in [-0.39, 0.29) is 6.61 Å². The predicted molar refractivity (Wildman–Crippen MR) is 74.5 cm³/mol. The molecule has 0 bridgehead atoms. The summed E-state index contributed by atoms with van der Waals surface area (Å²) in [5.74, 6) is -1.68. The van der Waals surface area contributed by atoms with Crippen LogP contribution in [0.15, 0.2) is 30.6 Å². The Hall–Kier alpha value is -2.81. The van der Waals surface area contributed by atoms with Crippen LogP contribution in [0.5, 0.6) is 0 Å². The molecule has 9 heteroatoms. The average molecular weight is 305 g/mol. The fraction of sp³-hybridized carbons (Fsp3) is 0.308. The Morgan fingerprint density at radius 1 is 1.36 bits per heavy atom. The number of tetrazole rings is 1. The van der Waals surface area contributed by atoms with E-state index in [1.54, 1.807) is 24.3 Å². The number of hydrogen-bond donors (Lipinski definition) is 2. The van der Waals surface area contributed by atoms with Crippen molar-refractivity contribution in [1.82, 2.24) is 25.5 Å². The van der Waals surface area contributed by atoms with Crippen molar-refractivity contribution >= 4 is 11.9 Å². The summed E-state index contributed by atoms with van der Waals surface area (Å²) < 4.78 is 6.29. The van der Waals surface area contributed by atoms with Crippen LogP contribution in [0.2, 0.25) is 0 Å². The summed E-state index contributed by atoms with van der Waals surface area (Å²) in [6.07, 6.45) is 1.43. The van der Waals surface area contributed by atoms with Crippen LogP contribution in [-0.2, 0) is 9.53 Å². The largest absolute Gasteiger partial charge is 0.479 e. The van der Waals surface area contributed by atoms with Crippen LogP contribution in [0.25, 0.3) is 5.69 Å². The Morgan fingerprint density at radius 2 is 2.05 bits per heavy atom. The van der Waals surface area contributed by atoms with Gasteiger partial charge in [0.1, 0.15) is 6.33 Å². The second kappa shape index (κ2) is 6.31. The summed E-state index contributed by atoms with van der Waals surface area (Å²) >= 11 is 0. The molecule has 116 valence electrons. The van der Waals surface area contributed by atoms with Crippen LogP contribution < -0.4 is 5.32 Å². The van der Waals surface area contributed by atoms with Gasteiger partial charge in [0.05, 0.1) is 12.3 Å². The van der Waals surface area contributed by atoms with Crippen molar-refractivity contribution in [3.63, 3.8) is 0 Å². The molecule has 9 nitrogen and oxygen atoms in total. The molecule has 0 aliphatic rings. The normalized spacial score (nSPS) is 13.4. The third kappa shape index (κ3) is 3.26. The number of aliphatic carboxylic acids is 1. The van der Waals surface area contributed by atoms with Gasteiger partial charge in [-0.2, -0.15) is 0 Å². The van der Waals surface area contributed by atoms with E-state index < -0.39 is 17.4 Å². The van der Waals surface area contributed by atoms with Gasteiger partial charge in [-0.15, -0.1) is 5.10 Å². The van der Waals surface area contributed by atoms with Gasteiger partial charge in [-0.3, -0.25) is 4.79 Å². The Kier molecular flexibility index (Phi) is 4.47. The molecule has 1 aromatic carbocycles. The van der Waals surface area contributed by atoms with E-state index in [1.165, 1.54) is 25.0 Å². The lowest BCUT2D eigenvalue weighted by molar-refractivity contribution is -0.145. The van der Waals surface area contributed by atoms with E-state index in [1.807, 2.05) is 0 Å². The zero-order valence-electron chi connectivity index (χ0n) is 12.1. The number of rotatable bonds is 6. The molecule has 2 rings (SSSR count). The maximum absolute atomic E-state index is 12.2. The number of aromatic nitrogens is 4. The van der Waals surface area contributed by atoms with Gasteiger partial charge in [-0.1, -0.05) is 0 Å². The summed E-state index contributed by atoms with van der Waals surface area (Å²) in [5.41, 5.74) is -0.500. The topological polar surface area (TPSA) is 119 Å². The number of ether oxygens (including phenoxy) is 1. The molecular weight excluding hydrogens is 290 g/mol. The lowest BCUT2D eigenvalue weighted by Crippen LogP contribution is -2.55. The number of amides is 1. The highest BCUT2D eigenvalue weighted by Crippen LogP contribution is 2.11. The van der Waals surface area contributed by atoms with Gasteiger partial charge in [0.2, 0.25) is 0 Å². The molecule has 1 unspecified atom stereocenters. The molecule has 1 heterocycles. The molecule has 0 aliphatic carbocycles. The van der Waals surface area contributed by atoms with Crippen molar-refractivity contribution in [3.8, 4) is 5.69 Å². The summed E-state index contributed by atoms with van der Waals surface area (Å²) in [6, 6.07) is 6.42. The molecule has 0 aliphatic heterocycles. The molecule has 0 fully saturated rings. The second-order valence-electron chi connectivity index (χ2n) is 4.83. The first-order valence-electron chi connectivity index (χ1n) is 6.34. The number of hydrogen-bond acceptors (Lipinski definition) is 6. The van der Waals surface area contributed by atoms with E-state index >= 15 is 0 Å². The Labute approximate surface area is 125 Å². The van der Waals surface area contributed by atoms with Crippen molar-refractivity contribution in [2.24, 2.45) is 0 Å². The first kappa shape index (κ1) is 15.6. The monoisotopic (exact) mass is 305 g/mol. The molecule has 0 saturated heterocycles. The Balaban J connectivity index is 2.14. The van der Waals surface area contributed by atoms with E-state index in [4.69, 9.17) is 4.74 Å². The first-order chi connectivity index (χ1) is 10.5. The van der Waals surface area contributed by atoms with Crippen LogP contribution in [-0.4, -0.2) is 56.4 Å². The van der Waals surface area contributed by atoms with Crippen molar-refractivity contribution in [1.29, 1.82) is 0 Å². The Bertz CT molecular complexity index is 656. The summed E-state index contributed by atoms with van der Waals surface area (Å²) in [5, 5.41) is 22.4. The van der Waals surface area contributed by atoms with Crippen LogP contribution in [0.1, 0.15) is 17.3 Å². The summed E-state index contributed by atoms with van der Waals surface area (Å²) in [7, 11) is 1.37. The van der Waals surface area contributed by atoms with Crippen molar-refractivity contribution in [2.75, 3.05) is 13.7 Å². The van der Waals surface area contributed by atoms with Gasteiger partial charge in [0, 0.05) is 12.7 Å². The zero-order chi connectivity index (χ0) is 16.2. The number of nitrogens with one attached hydrogen (secondary N) is 1. The van der Waals surface area contributed by atoms with E-state index in [0.717, 1.165) is 0 Å². The van der Waals surface area contributed by atoms with Crippen molar-refractivity contribution in [2.45, 2.75) is 12.5 Å². The zero-order valence-corrected chi connectivity index (χ0v) is 12.1. The number of methoxy groups -OCH3 is 1. The molecule has 2 N–H and O–H groups in total. The molecule has 0 spiro atoms. The molecule has 1 atom stereocenters. The number of benzene rings is 1. The lowest BCUT2D eigenvalue weighted by Gasteiger charge is -2.25. The Morgan fingerprint density at radius 3 is 2.55 bits per heavy atom. The van der Waals surface area contributed by atoms with Gasteiger partial charge in [-0.05, 0) is 41.6 Å². The van der Waals surface area contributed by atoms with Crippen molar-refractivity contribution < 1.29 is 19.4 Å². The molecular formula is C13H15N5O4. The number of carbonyl (C=O) groups is 2. The highest BCUT2D eigenvalue weighted by molar-refractivity contribution is 5.97. The maximum Gasteiger partial charge on any atom is 0.331 e. The quantitative estimate of drug-likeness (QED) is 0.763. The van der Waals surface area contributed by atoms with Crippen LogP contribution in [0, 0.1) is 0 Å². The summed E-state index contributed by atoms with van der Waals surface area (Å²) in [6.45, 7) is 1.24. The molecule has 22 heavy (non-hydrogen) atoms. The smallest absolute Gasteiger partial charge is 0.331 e. The van der Waals surface area contributed by atoms with Crippen LogP contribution >= 0.6 is 0 Å². The number of carboxylic acid groups (broad SMARTS) is 1. The fourth-order valence-electron chi connectivity index (χ4n) is 1.81. The SMILES string of the molecule is COCC(C)(NC(=O)c1ccc(-n2cnnn2)cc1)C(=O)O. The number of nitrogens with zero attached hydrogens (tertiary/aromatic N) is 4. The minimum absolute atomic E-state index is 0.142. The van der Waals surface area contributed by atoms with Crippen molar-refractivity contribution in [3.05, 3.63) is 36.2 Å². The summed E-state index contributed by atoms with van der Waals surface area (Å²) in [4.78, 5) is 23.4. The molecule has 1 aromatic heterocycles. The third-order valence-electron chi connectivity index (χ3n) is 3.04. The van der Waals surface area contributed by atoms with E-state index in [2.05, 4.69) is 20.8 Å². The number of carboxylic acids is 1. The van der Waals surface area contributed by atoms with Crippen LogP contribution in [0.4, 0.5) is 0 Å². The van der Waals surface area contributed by atoms with E-state index in [0.29, 0.717) is 11.3 Å².